The second-order valence-electron chi connectivity index (χ2n) is 7.06. The molecular formula is C21H20F3N3O. The number of para-hydroxylation sites is 1. The Morgan fingerprint density at radius 2 is 1.86 bits per heavy atom. The molecule has 1 aliphatic heterocycles. The van der Waals surface area contributed by atoms with E-state index in [1.54, 1.807) is 17.9 Å². The number of H-pyrrole nitrogens is 1. The maximum Gasteiger partial charge on any atom is 0.416 e. The van der Waals surface area contributed by atoms with Gasteiger partial charge in [0.1, 0.15) is 0 Å². The van der Waals surface area contributed by atoms with Gasteiger partial charge in [0.25, 0.3) is 0 Å². The number of carbonyl (C=O) groups is 1. The number of hydrogen-bond acceptors (Lipinski definition) is 1. The fourth-order valence-electron chi connectivity index (χ4n) is 3.83. The van der Waals surface area contributed by atoms with Gasteiger partial charge >= 0.3 is 12.2 Å². The molecule has 0 radical (unpaired) electrons. The van der Waals surface area contributed by atoms with Crippen molar-refractivity contribution in [3.63, 3.8) is 0 Å². The van der Waals surface area contributed by atoms with Crippen molar-refractivity contribution in [3.8, 4) is 0 Å². The summed E-state index contributed by atoms with van der Waals surface area (Å²) in [5.41, 5.74) is 2.55. The Hall–Kier alpha value is -2.96. The summed E-state index contributed by atoms with van der Waals surface area (Å²) in [7, 11) is 0. The number of benzene rings is 2. The molecule has 2 heterocycles. The van der Waals surface area contributed by atoms with Gasteiger partial charge in [0.05, 0.1) is 11.6 Å². The largest absolute Gasteiger partial charge is 0.416 e. The first kappa shape index (κ1) is 18.4. The van der Waals surface area contributed by atoms with E-state index in [1.165, 1.54) is 12.1 Å². The summed E-state index contributed by atoms with van der Waals surface area (Å²) in [6.45, 7) is 2.52. The number of rotatable bonds is 2. The number of amides is 2. The van der Waals surface area contributed by atoms with Crippen LogP contribution < -0.4 is 5.32 Å². The lowest BCUT2D eigenvalue weighted by Gasteiger charge is -2.29. The molecule has 28 heavy (non-hydrogen) atoms. The van der Waals surface area contributed by atoms with E-state index in [4.69, 9.17) is 0 Å². The molecule has 0 fully saturated rings. The van der Waals surface area contributed by atoms with Gasteiger partial charge in [-0.2, -0.15) is 13.2 Å². The maximum atomic E-state index is 13.3. The molecule has 0 spiro atoms. The van der Waals surface area contributed by atoms with Gasteiger partial charge in [0, 0.05) is 41.7 Å². The van der Waals surface area contributed by atoms with Gasteiger partial charge in [-0.1, -0.05) is 36.4 Å². The molecule has 0 aliphatic carbocycles. The predicted octanol–water partition coefficient (Wildman–Crippen LogP) is 5.02. The molecule has 4 nitrogen and oxygen atoms in total. The monoisotopic (exact) mass is 387 g/mol. The number of urea groups is 1. The Morgan fingerprint density at radius 1 is 1.14 bits per heavy atom. The highest BCUT2D eigenvalue weighted by atomic mass is 19.4. The molecule has 0 bridgehead atoms. The predicted molar refractivity (Wildman–Crippen MR) is 101 cm³/mol. The van der Waals surface area contributed by atoms with E-state index in [2.05, 4.69) is 10.3 Å². The highest BCUT2D eigenvalue weighted by Crippen LogP contribution is 2.34. The number of halogens is 3. The molecule has 2 aromatic carbocycles. The van der Waals surface area contributed by atoms with Crippen LogP contribution >= 0.6 is 0 Å². The number of nitrogens with one attached hydrogen (secondary N) is 2. The molecule has 0 saturated carbocycles. The fraction of sp³-hybridized carbons (Fsp3) is 0.286. The summed E-state index contributed by atoms with van der Waals surface area (Å²) in [6.07, 6.45) is -3.77. The van der Waals surface area contributed by atoms with E-state index >= 15 is 0 Å². The molecule has 146 valence electrons. The van der Waals surface area contributed by atoms with Crippen molar-refractivity contribution in [1.82, 2.24) is 15.2 Å². The SMILES string of the molecule is CC(NC(=O)N1CCc2[nH]c3ccccc3c2C1)c1ccccc1C(F)(F)F. The highest BCUT2D eigenvalue weighted by Gasteiger charge is 2.35. The van der Waals surface area contributed by atoms with Crippen LogP contribution in [0.5, 0.6) is 0 Å². The van der Waals surface area contributed by atoms with Crippen molar-refractivity contribution >= 4 is 16.9 Å². The van der Waals surface area contributed by atoms with Crippen molar-refractivity contribution in [2.45, 2.75) is 32.1 Å². The van der Waals surface area contributed by atoms with Crippen LogP contribution in [0.25, 0.3) is 10.9 Å². The third-order valence-electron chi connectivity index (χ3n) is 5.24. The van der Waals surface area contributed by atoms with E-state index in [9.17, 15) is 18.0 Å². The lowest BCUT2D eigenvalue weighted by Crippen LogP contribution is -2.43. The van der Waals surface area contributed by atoms with E-state index < -0.39 is 17.8 Å². The highest BCUT2D eigenvalue weighted by molar-refractivity contribution is 5.85. The minimum Gasteiger partial charge on any atom is -0.358 e. The first-order valence-corrected chi connectivity index (χ1v) is 9.14. The first-order valence-electron chi connectivity index (χ1n) is 9.14. The number of alkyl halides is 3. The van der Waals surface area contributed by atoms with Crippen LogP contribution in [0, 0.1) is 0 Å². The number of aromatic nitrogens is 1. The number of nitrogens with zero attached hydrogens (tertiary/aromatic N) is 1. The van der Waals surface area contributed by atoms with Crippen LogP contribution in [0.4, 0.5) is 18.0 Å². The molecule has 2 N–H and O–H groups in total. The lowest BCUT2D eigenvalue weighted by atomic mass is 10.0. The Balaban J connectivity index is 1.52. The second kappa shape index (κ2) is 6.89. The Labute approximate surface area is 160 Å². The average molecular weight is 387 g/mol. The number of fused-ring (bicyclic) bond motifs is 3. The number of carbonyl (C=O) groups excluding carboxylic acids is 1. The Bertz CT molecular complexity index is 1030. The van der Waals surface area contributed by atoms with Gasteiger partial charge in [-0.05, 0) is 24.6 Å². The fourth-order valence-corrected chi connectivity index (χ4v) is 3.83. The zero-order valence-corrected chi connectivity index (χ0v) is 15.3. The quantitative estimate of drug-likeness (QED) is 0.638. The smallest absolute Gasteiger partial charge is 0.358 e. The lowest BCUT2D eigenvalue weighted by molar-refractivity contribution is -0.138. The minimum atomic E-state index is -4.46. The van der Waals surface area contributed by atoms with Crippen LogP contribution in [0.1, 0.15) is 35.3 Å². The zero-order chi connectivity index (χ0) is 19.9. The average Bonchev–Trinajstić information content (AvgIpc) is 3.05. The summed E-state index contributed by atoms with van der Waals surface area (Å²) >= 11 is 0. The minimum absolute atomic E-state index is 0.0631. The zero-order valence-electron chi connectivity index (χ0n) is 15.3. The summed E-state index contributed by atoms with van der Waals surface area (Å²) in [4.78, 5) is 17.8. The van der Waals surface area contributed by atoms with Gasteiger partial charge in [0.2, 0.25) is 0 Å². The summed E-state index contributed by atoms with van der Waals surface area (Å²) in [5.74, 6) is 0. The van der Waals surface area contributed by atoms with Crippen molar-refractivity contribution in [1.29, 1.82) is 0 Å². The Kier molecular flexibility index (Phi) is 4.53. The molecule has 3 aromatic rings. The third-order valence-corrected chi connectivity index (χ3v) is 5.24. The molecule has 2 amide bonds. The first-order chi connectivity index (χ1) is 13.3. The molecule has 4 rings (SSSR count). The van der Waals surface area contributed by atoms with Crippen LogP contribution in [0.2, 0.25) is 0 Å². The van der Waals surface area contributed by atoms with Crippen molar-refractivity contribution in [2.75, 3.05) is 6.54 Å². The Morgan fingerprint density at radius 3 is 2.64 bits per heavy atom. The topological polar surface area (TPSA) is 48.1 Å². The maximum absolute atomic E-state index is 13.3. The van der Waals surface area contributed by atoms with Crippen LogP contribution in [0.15, 0.2) is 48.5 Å². The van der Waals surface area contributed by atoms with Gasteiger partial charge < -0.3 is 15.2 Å². The molecular weight excluding hydrogens is 367 g/mol. The van der Waals surface area contributed by atoms with Crippen LogP contribution in [-0.2, 0) is 19.1 Å². The van der Waals surface area contributed by atoms with E-state index in [0.29, 0.717) is 19.5 Å². The summed E-state index contributed by atoms with van der Waals surface area (Å²) in [5, 5.41) is 3.80. The molecule has 1 unspecified atom stereocenters. The van der Waals surface area contributed by atoms with Crippen molar-refractivity contribution < 1.29 is 18.0 Å². The van der Waals surface area contributed by atoms with Gasteiger partial charge in [-0.25, -0.2) is 4.79 Å². The molecule has 1 aromatic heterocycles. The normalized spacial score (nSPS) is 15.4. The summed E-state index contributed by atoms with van der Waals surface area (Å²) < 4.78 is 39.8. The molecule has 1 atom stereocenters. The van der Waals surface area contributed by atoms with Gasteiger partial charge in [-0.15, -0.1) is 0 Å². The van der Waals surface area contributed by atoms with Crippen molar-refractivity contribution in [3.05, 3.63) is 70.9 Å². The molecule has 1 aliphatic rings. The number of hydrogen-bond donors (Lipinski definition) is 2. The van der Waals surface area contributed by atoms with Gasteiger partial charge in [0.15, 0.2) is 0 Å². The van der Waals surface area contributed by atoms with E-state index in [1.807, 2.05) is 24.3 Å². The van der Waals surface area contributed by atoms with Gasteiger partial charge in [-0.3, -0.25) is 0 Å². The second-order valence-corrected chi connectivity index (χ2v) is 7.06. The molecule has 7 heteroatoms. The van der Waals surface area contributed by atoms with E-state index in [0.717, 1.165) is 28.2 Å². The standard InChI is InChI=1S/C21H20F3N3O/c1-13(14-6-2-4-8-17(14)21(22,23)24)25-20(28)27-11-10-19-16(12-27)15-7-3-5-9-18(15)26-19/h2-9,13,26H,10-12H2,1H3,(H,25,28). The third kappa shape index (κ3) is 3.32. The van der Waals surface area contributed by atoms with Crippen LogP contribution in [0.3, 0.4) is 0 Å². The van der Waals surface area contributed by atoms with Crippen LogP contribution in [-0.4, -0.2) is 22.5 Å². The van der Waals surface area contributed by atoms with E-state index in [-0.39, 0.29) is 11.6 Å². The summed E-state index contributed by atoms with van der Waals surface area (Å²) in [6, 6.07) is 12.1. The van der Waals surface area contributed by atoms with Crippen molar-refractivity contribution in [2.24, 2.45) is 0 Å². The molecule has 0 saturated heterocycles. The number of aromatic amines is 1.